The van der Waals surface area contributed by atoms with Crippen LogP contribution >= 0.6 is 0 Å². The second-order valence-electron chi connectivity index (χ2n) is 5.46. The zero-order valence-corrected chi connectivity index (χ0v) is 13.1. The molecule has 1 fully saturated rings. The fraction of sp³-hybridized carbons (Fsp3) is 0.438. The van der Waals surface area contributed by atoms with Crippen LogP contribution in [-0.4, -0.2) is 52.3 Å². The summed E-state index contributed by atoms with van der Waals surface area (Å²) in [6, 6.07) is 9.80. The lowest BCUT2D eigenvalue weighted by molar-refractivity contribution is -0.144. The van der Waals surface area contributed by atoms with Gasteiger partial charge in [0.25, 0.3) is 0 Å². The molecule has 1 saturated heterocycles. The first-order chi connectivity index (χ1) is 11.2. The summed E-state index contributed by atoms with van der Waals surface area (Å²) in [6.45, 7) is 3.82. The molecule has 122 valence electrons. The lowest BCUT2D eigenvalue weighted by Crippen LogP contribution is -2.44. The lowest BCUT2D eigenvalue weighted by Gasteiger charge is -2.31. The summed E-state index contributed by atoms with van der Waals surface area (Å²) < 4.78 is 11.2. The van der Waals surface area contributed by atoms with Crippen LogP contribution in [0.3, 0.4) is 0 Å². The first kappa shape index (κ1) is 15.6. The fourth-order valence-electron chi connectivity index (χ4n) is 2.46. The maximum atomic E-state index is 12.3. The van der Waals surface area contributed by atoms with Crippen LogP contribution < -0.4 is 0 Å². The Morgan fingerprint density at radius 3 is 3.00 bits per heavy atom. The Bertz CT molecular complexity index is 644. The molecule has 1 aliphatic heterocycles. The summed E-state index contributed by atoms with van der Waals surface area (Å²) >= 11 is 0. The van der Waals surface area contributed by atoms with Crippen molar-refractivity contribution < 1.29 is 14.3 Å². The molecule has 3 rings (SSSR count). The monoisotopic (exact) mass is 316 g/mol. The average molecular weight is 316 g/mol. The minimum Gasteiger partial charge on any atom is -0.367 e. The van der Waals surface area contributed by atoms with Gasteiger partial charge in [-0.05, 0) is 12.5 Å². The molecule has 1 N–H and O–H groups in total. The van der Waals surface area contributed by atoms with E-state index in [9.17, 15) is 4.79 Å². The molecule has 1 aliphatic rings. The number of aryl methyl sites for hydroxylation is 1. The van der Waals surface area contributed by atoms with Crippen molar-refractivity contribution in [3.05, 3.63) is 47.5 Å². The molecule has 0 bridgehead atoms. The number of amides is 1. The van der Waals surface area contributed by atoms with Crippen LogP contribution in [-0.2, 0) is 20.9 Å². The highest BCUT2D eigenvalue weighted by atomic mass is 16.5. The van der Waals surface area contributed by atoms with Crippen molar-refractivity contribution in [1.82, 2.24) is 20.1 Å². The zero-order valence-electron chi connectivity index (χ0n) is 13.1. The topological polar surface area (TPSA) is 80.3 Å². The molecule has 1 aromatic heterocycles. The van der Waals surface area contributed by atoms with Gasteiger partial charge in [0.15, 0.2) is 5.82 Å². The van der Waals surface area contributed by atoms with Gasteiger partial charge < -0.3 is 14.4 Å². The molecule has 0 saturated carbocycles. The van der Waals surface area contributed by atoms with Crippen LogP contribution in [0.25, 0.3) is 0 Å². The number of nitrogens with one attached hydrogen (secondary N) is 1. The third kappa shape index (κ3) is 4.14. The summed E-state index contributed by atoms with van der Waals surface area (Å²) in [4.78, 5) is 18.3. The molecule has 7 heteroatoms. The number of H-pyrrole nitrogens is 1. The Labute approximate surface area is 134 Å². The number of nitrogens with zero attached hydrogens (tertiary/aromatic N) is 3. The van der Waals surface area contributed by atoms with Gasteiger partial charge in [0.2, 0.25) is 5.91 Å². The fourth-order valence-corrected chi connectivity index (χ4v) is 2.46. The average Bonchev–Trinajstić information content (AvgIpc) is 3.02. The molecule has 0 spiro atoms. The van der Waals surface area contributed by atoms with Crippen LogP contribution in [0.1, 0.15) is 23.3 Å². The SMILES string of the molecule is Cc1nc([C@H]2CN(C(=O)COCc3ccccc3)CCO2)n[nH]1. The molecule has 0 aliphatic carbocycles. The minimum absolute atomic E-state index is 0.0403. The van der Waals surface area contributed by atoms with E-state index in [0.717, 1.165) is 11.4 Å². The molecule has 0 radical (unpaired) electrons. The number of aromatic amines is 1. The highest BCUT2D eigenvalue weighted by Crippen LogP contribution is 2.19. The Morgan fingerprint density at radius 2 is 2.26 bits per heavy atom. The van der Waals surface area contributed by atoms with Crippen LogP contribution in [0, 0.1) is 6.92 Å². The van der Waals surface area contributed by atoms with E-state index in [1.807, 2.05) is 37.3 Å². The number of rotatable bonds is 5. The van der Waals surface area contributed by atoms with Crippen molar-refractivity contribution >= 4 is 5.91 Å². The van der Waals surface area contributed by atoms with Gasteiger partial charge in [-0.25, -0.2) is 4.98 Å². The highest BCUT2D eigenvalue weighted by Gasteiger charge is 2.27. The number of hydrogen-bond donors (Lipinski definition) is 1. The Kier molecular flexibility index (Phi) is 4.99. The first-order valence-electron chi connectivity index (χ1n) is 7.62. The van der Waals surface area contributed by atoms with E-state index >= 15 is 0 Å². The molecule has 1 amide bonds. The van der Waals surface area contributed by atoms with Gasteiger partial charge >= 0.3 is 0 Å². The van der Waals surface area contributed by atoms with Gasteiger partial charge in [0, 0.05) is 6.54 Å². The van der Waals surface area contributed by atoms with Gasteiger partial charge in [0.05, 0.1) is 19.8 Å². The quantitative estimate of drug-likeness (QED) is 0.897. The number of carbonyl (C=O) groups excluding carboxylic acids is 1. The second kappa shape index (κ2) is 7.34. The normalized spacial score (nSPS) is 18.1. The maximum Gasteiger partial charge on any atom is 0.248 e. The predicted molar refractivity (Wildman–Crippen MR) is 82.5 cm³/mol. The molecule has 1 atom stereocenters. The van der Waals surface area contributed by atoms with Gasteiger partial charge in [-0.15, -0.1) is 0 Å². The molecule has 7 nitrogen and oxygen atoms in total. The summed E-state index contributed by atoms with van der Waals surface area (Å²) in [5.74, 6) is 1.28. The Morgan fingerprint density at radius 1 is 1.43 bits per heavy atom. The van der Waals surface area contributed by atoms with E-state index in [1.165, 1.54) is 0 Å². The van der Waals surface area contributed by atoms with Gasteiger partial charge in [-0.3, -0.25) is 9.89 Å². The molecule has 2 heterocycles. The van der Waals surface area contributed by atoms with Gasteiger partial charge in [-0.2, -0.15) is 5.10 Å². The van der Waals surface area contributed by atoms with Crippen LogP contribution in [0.5, 0.6) is 0 Å². The number of hydrogen-bond acceptors (Lipinski definition) is 5. The molecule has 1 aromatic carbocycles. The van der Waals surface area contributed by atoms with Gasteiger partial charge in [0.1, 0.15) is 18.5 Å². The van der Waals surface area contributed by atoms with E-state index in [0.29, 0.717) is 32.1 Å². The smallest absolute Gasteiger partial charge is 0.248 e. The van der Waals surface area contributed by atoms with Crippen LogP contribution in [0.4, 0.5) is 0 Å². The van der Waals surface area contributed by atoms with Crippen molar-refractivity contribution in [2.75, 3.05) is 26.3 Å². The van der Waals surface area contributed by atoms with Gasteiger partial charge in [-0.1, -0.05) is 30.3 Å². The van der Waals surface area contributed by atoms with E-state index in [-0.39, 0.29) is 18.6 Å². The van der Waals surface area contributed by atoms with Crippen molar-refractivity contribution in [3.8, 4) is 0 Å². The first-order valence-corrected chi connectivity index (χ1v) is 7.62. The third-order valence-electron chi connectivity index (χ3n) is 3.66. The molecule has 0 unspecified atom stereocenters. The zero-order chi connectivity index (χ0) is 16.1. The standard InChI is InChI=1S/C16H20N4O3/c1-12-17-16(19-18-12)14-9-20(7-8-23-14)15(21)11-22-10-13-5-3-2-4-6-13/h2-6,14H,7-11H2,1H3,(H,17,18,19)/t14-/m1/s1. The minimum atomic E-state index is -0.285. The summed E-state index contributed by atoms with van der Waals surface area (Å²) in [6.07, 6.45) is -0.285. The largest absolute Gasteiger partial charge is 0.367 e. The molecular weight excluding hydrogens is 296 g/mol. The molecular formula is C16H20N4O3. The van der Waals surface area contributed by atoms with Crippen molar-refractivity contribution in [2.45, 2.75) is 19.6 Å². The van der Waals surface area contributed by atoms with E-state index in [1.54, 1.807) is 4.90 Å². The third-order valence-corrected chi connectivity index (χ3v) is 3.66. The maximum absolute atomic E-state index is 12.3. The number of aromatic nitrogens is 3. The predicted octanol–water partition coefficient (Wildman–Crippen LogP) is 1.23. The van der Waals surface area contributed by atoms with Crippen molar-refractivity contribution in [2.24, 2.45) is 0 Å². The summed E-state index contributed by atoms with van der Waals surface area (Å²) in [5.41, 5.74) is 1.05. The number of ether oxygens (including phenoxy) is 2. The second-order valence-corrected chi connectivity index (χ2v) is 5.46. The van der Waals surface area contributed by atoms with Crippen LogP contribution in [0.15, 0.2) is 30.3 Å². The van der Waals surface area contributed by atoms with Crippen LogP contribution in [0.2, 0.25) is 0 Å². The van der Waals surface area contributed by atoms with Crippen molar-refractivity contribution in [3.63, 3.8) is 0 Å². The number of morpholine rings is 1. The molecule has 23 heavy (non-hydrogen) atoms. The van der Waals surface area contributed by atoms with E-state index < -0.39 is 0 Å². The van der Waals surface area contributed by atoms with E-state index in [4.69, 9.17) is 9.47 Å². The highest BCUT2D eigenvalue weighted by molar-refractivity contribution is 5.77. The van der Waals surface area contributed by atoms with E-state index in [2.05, 4.69) is 15.2 Å². The Hall–Kier alpha value is -2.25. The molecule has 2 aromatic rings. The number of benzene rings is 1. The Balaban J connectivity index is 1.49. The summed E-state index contributed by atoms with van der Waals surface area (Å²) in [5, 5.41) is 6.90. The van der Waals surface area contributed by atoms with Crippen molar-refractivity contribution in [1.29, 1.82) is 0 Å². The lowest BCUT2D eigenvalue weighted by atomic mass is 10.2. The number of carbonyl (C=O) groups is 1. The summed E-state index contributed by atoms with van der Waals surface area (Å²) in [7, 11) is 0.